The summed E-state index contributed by atoms with van der Waals surface area (Å²) < 4.78 is 9.67. The number of halogens is 1. The number of hydrogen-bond donors (Lipinski definition) is 1. The predicted octanol–water partition coefficient (Wildman–Crippen LogP) is 4.42. The van der Waals surface area contributed by atoms with Gasteiger partial charge in [-0.3, -0.25) is 4.79 Å². The number of carbonyl (C=O) groups is 1. The van der Waals surface area contributed by atoms with E-state index in [1.807, 2.05) is 35.9 Å². The summed E-state index contributed by atoms with van der Waals surface area (Å²) in [5, 5.41) is 5.88. The van der Waals surface area contributed by atoms with E-state index in [2.05, 4.69) is 26.8 Å². The first-order valence-electron chi connectivity index (χ1n) is 12.1. The van der Waals surface area contributed by atoms with Crippen LogP contribution in [0.3, 0.4) is 0 Å². The van der Waals surface area contributed by atoms with Gasteiger partial charge in [0, 0.05) is 19.7 Å². The van der Waals surface area contributed by atoms with Gasteiger partial charge in [-0.25, -0.2) is 19.6 Å². The Morgan fingerprint density at radius 3 is 2.87 bits per heavy atom. The fourth-order valence-electron chi connectivity index (χ4n) is 4.90. The molecule has 190 valence electrons. The first-order chi connectivity index (χ1) is 18.4. The Labute approximate surface area is 223 Å². The molecule has 0 saturated carbocycles. The van der Waals surface area contributed by atoms with E-state index in [-0.39, 0.29) is 11.9 Å². The molecule has 0 radical (unpaired) electrons. The van der Waals surface area contributed by atoms with Gasteiger partial charge < -0.3 is 19.9 Å². The maximum atomic E-state index is 12.7. The van der Waals surface area contributed by atoms with Crippen molar-refractivity contribution in [2.45, 2.75) is 25.8 Å². The van der Waals surface area contributed by atoms with Crippen LogP contribution in [-0.4, -0.2) is 46.7 Å². The minimum absolute atomic E-state index is 0.235. The summed E-state index contributed by atoms with van der Waals surface area (Å²) in [6.45, 7) is 2.25. The number of aryl methyl sites for hydroxylation is 1. The van der Waals surface area contributed by atoms with E-state index in [0.29, 0.717) is 51.3 Å². The Morgan fingerprint density at radius 2 is 2.05 bits per heavy atom. The van der Waals surface area contributed by atoms with Gasteiger partial charge in [-0.2, -0.15) is 5.10 Å². The third kappa shape index (κ3) is 3.97. The molecule has 1 aliphatic rings. The molecule has 5 aromatic rings. The van der Waals surface area contributed by atoms with Gasteiger partial charge in [0.1, 0.15) is 23.6 Å². The van der Waals surface area contributed by atoms with Crippen molar-refractivity contribution in [2.75, 3.05) is 12.3 Å². The van der Waals surface area contributed by atoms with E-state index < -0.39 is 0 Å². The van der Waals surface area contributed by atoms with Crippen LogP contribution >= 0.6 is 11.6 Å². The van der Waals surface area contributed by atoms with Gasteiger partial charge in [0.25, 0.3) is 5.91 Å². The summed E-state index contributed by atoms with van der Waals surface area (Å²) >= 11 is 6.66. The average molecular weight is 527 g/mol. The molecule has 4 heterocycles. The number of amides is 1. The molecule has 1 fully saturated rings. The largest absolute Gasteiger partial charge is 0.456 e. The number of carbonyl (C=O) groups excluding carboxylic acids is 1. The van der Waals surface area contributed by atoms with Crippen LogP contribution < -0.4 is 10.5 Å². The van der Waals surface area contributed by atoms with Crippen molar-refractivity contribution in [1.29, 1.82) is 0 Å². The lowest BCUT2D eigenvalue weighted by Crippen LogP contribution is -2.29. The Kier molecular flexibility index (Phi) is 5.85. The highest BCUT2D eigenvalue weighted by atomic mass is 35.5. The number of fused-ring (bicyclic) bond motifs is 2. The first kappa shape index (κ1) is 23.8. The molecule has 10 nitrogen and oxygen atoms in total. The second-order valence-electron chi connectivity index (χ2n) is 9.01. The van der Waals surface area contributed by atoms with E-state index >= 15 is 0 Å². The van der Waals surface area contributed by atoms with Crippen molar-refractivity contribution in [3.63, 3.8) is 0 Å². The summed E-state index contributed by atoms with van der Waals surface area (Å²) in [5.74, 6) is 6.50. The molecule has 1 aliphatic heterocycles. The van der Waals surface area contributed by atoms with Gasteiger partial charge in [0.2, 0.25) is 0 Å². The highest BCUT2D eigenvalue weighted by molar-refractivity contribution is 6.32. The number of likely N-dealkylation sites (tertiary alicyclic amines) is 1. The molecule has 1 saturated heterocycles. The van der Waals surface area contributed by atoms with Crippen LogP contribution in [0, 0.1) is 11.8 Å². The van der Waals surface area contributed by atoms with Crippen LogP contribution in [0.15, 0.2) is 49.1 Å². The lowest BCUT2D eigenvalue weighted by atomic mass is 10.1. The highest BCUT2D eigenvalue weighted by Crippen LogP contribution is 2.38. The SMILES string of the molecule is CC#CC(=O)N1CCC[C@H]1c1nn(-c2ccc(Oc3ccc4c(c3)ncn4C)c(Cl)c2)c2ncnc(N)c12. The number of anilines is 1. The fourth-order valence-corrected chi connectivity index (χ4v) is 5.11. The molecule has 0 bridgehead atoms. The number of nitrogens with zero attached hydrogens (tertiary/aromatic N) is 7. The number of hydrogen-bond acceptors (Lipinski definition) is 7. The number of benzene rings is 2. The summed E-state index contributed by atoms with van der Waals surface area (Å²) in [6.07, 6.45) is 4.73. The van der Waals surface area contributed by atoms with E-state index in [1.165, 1.54) is 6.33 Å². The zero-order valence-electron chi connectivity index (χ0n) is 20.7. The van der Waals surface area contributed by atoms with Gasteiger partial charge in [-0.1, -0.05) is 17.5 Å². The Bertz CT molecular complexity index is 1780. The van der Waals surface area contributed by atoms with Crippen molar-refractivity contribution in [3.05, 3.63) is 59.8 Å². The topological polar surface area (TPSA) is 117 Å². The Hall–Kier alpha value is -4.62. The Morgan fingerprint density at radius 1 is 1.18 bits per heavy atom. The van der Waals surface area contributed by atoms with Crippen LogP contribution in [0.1, 0.15) is 31.5 Å². The lowest BCUT2D eigenvalue weighted by molar-refractivity contribution is -0.126. The minimum Gasteiger partial charge on any atom is -0.456 e. The molecular weight excluding hydrogens is 504 g/mol. The number of nitrogen functional groups attached to an aromatic ring is 1. The highest BCUT2D eigenvalue weighted by Gasteiger charge is 2.34. The van der Waals surface area contributed by atoms with Gasteiger partial charge >= 0.3 is 0 Å². The maximum absolute atomic E-state index is 12.7. The molecule has 11 heteroatoms. The molecule has 0 spiro atoms. The van der Waals surface area contributed by atoms with Crippen molar-refractivity contribution in [3.8, 4) is 29.0 Å². The van der Waals surface area contributed by atoms with Crippen LogP contribution in [0.4, 0.5) is 5.82 Å². The normalized spacial score (nSPS) is 15.1. The predicted molar refractivity (Wildman–Crippen MR) is 144 cm³/mol. The molecule has 1 atom stereocenters. The monoisotopic (exact) mass is 526 g/mol. The van der Waals surface area contributed by atoms with E-state index in [0.717, 1.165) is 23.9 Å². The van der Waals surface area contributed by atoms with Crippen LogP contribution in [0.2, 0.25) is 5.02 Å². The summed E-state index contributed by atoms with van der Waals surface area (Å²) in [4.78, 5) is 27.4. The van der Waals surface area contributed by atoms with Crippen LogP contribution in [-0.2, 0) is 11.8 Å². The molecule has 0 unspecified atom stereocenters. The van der Waals surface area contributed by atoms with Crippen LogP contribution in [0.5, 0.6) is 11.5 Å². The molecule has 1 amide bonds. The summed E-state index contributed by atoms with van der Waals surface area (Å²) in [7, 11) is 1.94. The number of aromatic nitrogens is 6. The average Bonchev–Trinajstić information content (AvgIpc) is 3.63. The van der Waals surface area contributed by atoms with E-state index in [1.54, 1.807) is 35.0 Å². The van der Waals surface area contributed by atoms with Crippen LogP contribution in [0.25, 0.3) is 27.8 Å². The molecule has 2 aromatic carbocycles. The number of ether oxygens (including phenoxy) is 1. The van der Waals surface area contributed by atoms with Crippen molar-refractivity contribution in [2.24, 2.45) is 7.05 Å². The van der Waals surface area contributed by atoms with Crippen molar-refractivity contribution >= 4 is 45.4 Å². The molecule has 38 heavy (non-hydrogen) atoms. The lowest BCUT2D eigenvalue weighted by Gasteiger charge is -2.21. The summed E-state index contributed by atoms with van der Waals surface area (Å²) in [5.41, 5.74) is 9.96. The van der Waals surface area contributed by atoms with Gasteiger partial charge in [0.05, 0.1) is 45.2 Å². The van der Waals surface area contributed by atoms with Crippen molar-refractivity contribution < 1.29 is 9.53 Å². The smallest absolute Gasteiger partial charge is 0.299 e. The second kappa shape index (κ2) is 9.36. The maximum Gasteiger partial charge on any atom is 0.299 e. The first-order valence-corrected chi connectivity index (χ1v) is 12.4. The molecule has 3 aromatic heterocycles. The van der Waals surface area contributed by atoms with E-state index in [4.69, 9.17) is 27.2 Å². The van der Waals surface area contributed by atoms with Gasteiger partial charge in [-0.15, -0.1) is 0 Å². The third-order valence-electron chi connectivity index (χ3n) is 6.67. The molecular formula is C27H23ClN8O2. The fraction of sp³-hybridized carbons (Fsp3) is 0.222. The number of rotatable bonds is 4. The number of nitrogens with two attached hydrogens (primary N) is 1. The molecule has 2 N–H and O–H groups in total. The zero-order chi connectivity index (χ0) is 26.4. The second-order valence-corrected chi connectivity index (χ2v) is 9.42. The van der Waals surface area contributed by atoms with E-state index in [9.17, 15) is 4.79 Å². The molecule has 0 aliphatic carbocycles. The summed E-state index contributed by atoms with van der Waals surface area (Å²) in [6, 6.07) is 10.8. The standard InChI is InChI=1S/C27H23ClN8O2/c1-3-5-23(37)35-11-4-6-21(35)25-24-26(29)30-14-31-27(24)36(33-25)16-7-10-22(18(28)12-16)38-17-8-9-20-19(13-17)32-15-34(20)2/h7-10,12-15,21H,4,6,11H2,1-2H3,(H2,29,30,31)/t21-/m0/s1. The minimum atomic E-state index is -0.278. The zero-order valence-corrected chi connectivity index (χ0v) is 21.5. The van der Waals surface area contributed by atoms with Gasteiger partial charge in [-0.05, 0) is 56.0 Å². The van der Waals surface area contributed by atoms with Gasteiger partial charge in [0.15, 0.2) is 5.65 Å². The third-order valence-corrected chi connectivity index (χ3v) is 6.96. The molecule has 6 rings (SSSR count). The quantitative estimate of drug-likeness (QED) is 0.344. The van der Waals surface area contributed by atoms with Crippen molar-refractivity contribution in [1.82, 2.24) is 34.2 Å². The Balaban J connectivity index is 1.38. The number of imidazole rings is 1.